The van der Waals surface area contributed by atoms with Crippen molar-refractivity contribution in [2.24, 2.45) is 0 Å². The average molecular weight is 436 g/mol. The molecule has 3 aromatic rings. The number of nitrogens with zero attached hydrogens (tertiary/aromatic N) is 1. The summed E-state index contributed by atoms with van der Waals surface area (Å²) in [7, 11) is 1.63. The van der Waals surface area contributed by atoms with Gasteiger partial charge in [0.15, 0.2) is 5.43 Å². The van der Waals surface area contributed by atoms with Crippen molar-refractivity contribution in [2.45, 2.75) is 39.2 Å². The molecule has 2 heterocycles. The molecule has 4 rings (SSSR count). The van der Waals surface area contributed by atoms with Crippen LogP contribution in [0.3, 0.4) is 0 Å². The van der Waals surface area contributed by atoms with E-state index in [9.17, 15) is 9.59 Å². The van der Waals surface area contributed by atoms with Crippen LogP contribution in [0.2, 0.25) is 0 Å². The van der Waals surface area contributed by atoms with Crippen LogP contribution in [0.4, 0.5) is 0 Å². The summed E-state index contributed by atoms with van der Waals surface area (Å²) in [4.78, 5) is 28.6. The molecule has 1 aromatic heterocycles. The Bertz CT molecular complexity index is 1170. The Labute approximate surface area is 187 Å². The van der Waals surface area contributed by atoms with E-state index in [0.717, 1.165) is 29.7 Å². The third kappa shape index (κ3) is 4.15. The monoisotopic (exact) mass is 435 g/mol. The van der Waals surface area contributed by atoms with Crippen LogP contribution in [0.15, 0.2) is 51.7 Å². The van der Waals surface area contributed by atoms with Crippen LogP contribution in [0, 0.1) is 6.92 Å². The lowest BCUT2D eigenvalue weighted by Gasteiger charge is -2.25. The largest absolute Gasteiger partial charge is 0.494 e. The first kappa shape index (κ1) is 22.1. The summed E-state index contributed by atoms with van der Waals surface area (Å²) in [5, 5.41) is 0.500. The Balaban J connectivity index is 1.78. The Morgan fingerprint density at radius 1 is 1.03 bits per heavy atom. The lowest BCUT2D eigenvalue weighted by molar-refractivity contribution is 0.0708. The Hall–Kier alpha value is -3.12. The molecule has 32 heavy (non-hydrogen) atoms. The molecule has 1 atom stereocenters. The minimum Gasteiger partial charge on any atom is -0.494 e. The Morgan fingerprint density at radius 3 is 2.53 bits per heavy atom. The average Bonchev–Trinajstić information content (AvgIpc) is 3.07. The molecular formula is C26H29NO5. The maximum atomic E-state index is 13.5. The summed E-state index contributed by atoms with van der Waals surface area (Å²) in [6.45, 7) is 5.71. The van der Waals surface area contributed by atoms with Crippen molar-refractivity contribution >= 4 is 16.9 Å². The molecule has 1 unspecified atom stereocenters. The Kier molecular flexibility index (Phi) is 6.61. The quantitative estimate of drug-likeness (QED) is 0.449. The van der Waals surface area contributed by atoms with Crippen LogP contribution in [0.1, 0.15) is 59.5 Å². The van der Waals surface area contributed by atoms with Gasteiger partial charge in [0.05, 0.1) is 23.6 Å². The van der Waals surface area contributed by atoms with Gasteiger partial charge in [-0.1, -0.05) is 37.1 Å². The van der Waals surface area contributed by atoms with Crippen LogP contribution in [0.5, 0.6) is 5.75 Å². The highest BCUT2D eigenvalue weighted by molar-refractivity contribution is 5.99. The van der Waals surface area contributed by atoms with E-state index in [0.29, 0.717) is 42.7 Å². The van der Waals surface area contributed by atoms with Crippen LogP contribution >= 0.6 is 0 Å². The van der Waals surface area contributed by atoms with Gasteiger partial charge in [-0.05, 0) is 49.6 Å². The van der Waals surface area contributed by atoms with Gasteiger partial charge in [0.1, 0.15) is 11.3 Å². The van der Waals surface area contributed by atoms with E-state index in [2.05, 4.69) is 6.92 Å². The number of rotatable bonds is 9. The number of unbranched alkanes of at least 4 members (excludes halogenated alkanes) is 1. The molecule has 0 spiro atoms. The van der Waals surface area contributed by atoms with Crippen LogP contribution in [-0.4, -0.2) is 37.7 Å². The standard InChI is InChI=1S/C26H29NO5/c1-4-5-15-31-19-10-8-18(9-11-19)23-22-24(28)20-16-17(2)7-12-21(20)32-25(22)26(29)27(23)13-6-14-30-3/h7-12,16,23H,4-6,13-15H2,1-3H3. The smallest absolute Gasteiger partial charge is 0.290 e. The normalized spacial score (nSPS) is 15.4. The molecule has 0 saturated heterocycles. The highest BCUT2D eigenvalue weighted by Gasteiger charge is 2.42. The molecule has 2 aromatic carbocycles. The zero-order valence-electron chi connectivity index (χ0n) is 18.8. The van der Waals surface area contributed by atoms with E-state index in [1.807, 2.05) is 43.3 Å². The first-order chi connectivity index (χ1) is 15.5. The predicted molar refractivity (Wildman–Crippen MR) is 123 cm³/mol. The summed E-state index contributed by atoms with van der Waals surface area (Å²) in [5.41, 5.74) is 2.52. The minimum absolute atomic E-state index is 0.136. The third-order valence-corrected chi connectivity index (χ3v) is 5.83. The van der Waals surface area contributed by atoms with Crippen molar-refractivity contribution in [3.8, 4) is 5.75 Å². The van der Waals surface area contributed by atoms with Crippen molar-refractivity contribution in [3.63, 3.8) is 0 Å². The van der Waals surface area contributed by atoms with E-state index in [1.54, 1.807) is 18.1 Å². The van der Waals surface area contributed by atoms with Crippen molar-refractivity contribution in [2.75, 3.05) is 26.9 Å². The minimum atomic E-state index is -0.500. The van der Waals surface area contributed by atoms with Gasteiger partial charge in [-0.15, -0.1) is 0 Å². The summed E-state index contributed by atoms with van der Waals surface area (Å²) < 4.78 is 16.9. The summed E-state index contributed by atoms with van der Waals surface area (Å²) in [5.74, 6) is 0.653. The molecule has 0 radical (unpaired) electrons. The molecular weight excluding hydrogens is 406 g/mol. The van der Waals surface area contributed by atoms with E-state index in [4.69, 9.17) is 13.9 Å². The fourth-order valence-electron chi connectivity index (χ4n) is 4.17. The topological polar surface area (TPSA) is 69.0 Å². The van der Waals surface area contributed by atoms with Gasteiger partial charge < -0.3 is 18.8 Å². The molecule has 1 aliphatic heterocycles. The zero-order chi connectivity index (χ0) is 22.7. The second kappa shape index (κ2) is 9.57. The molecule has 6 heteroatoms. The van der Waals surface area contributed by atoms with E-state index in [-0.39, 0.29) is 17.1 Å². The maximum Gasteiger partial charge on any atom is 0.290 e. The zero-order valence-corrected chi connectivity index (χ0v) is 18.8. The fraction of sp³-hybridized carbons (Fsp3) is 0.385. The van der Waals surface area contributed by atoms with Gasteiger partial charge in [-0.3, -0.25) is 9.59 Å². The lowest BCUT2D eigenvalue weighted by Crippen LogP contribution is -2.31. The molecule has 1 aliphatic rings. The second-order valence-electron chi connectivity index (χ2n) is 8.19. The molecule has 0 fully saturated rings. The van der Waals surface area contributed by atoms with Crippen LogP contribution in [0.25, 0.3) is 11.0 Å². The molecule has 0 saturated carbocycles. The van der Waals surface area contributed by atoms with Crippen molar-refractivity contribution in [1.82, 2.24) is 4.90 Å². The summed E-state index contributed by atoms with van der Waals surface area (Å²) in [6.07, 6.45) is 2.73. The SMILES string of the molecule is CCCCOc1ccc(C2c3c(oc4ccc(C)cc4c3=O)C(=O)N2CCCOC)cc1. The fourth-order valence-corrected chi connectivity index (χ4v) is 4.17. The molecule has 0 N–H and O–H groups in total. The highest BCUT2D eigenvalue weighted by Crippen LogP contribution is 2.38. The molecule has 0 aliphatic carbocycles. The first-order valence-corrected chi connectivity index (χ1v) is 11.1. The number of benzene rings is 2. The number of amides is 1. The van der Waals surface area contributed by atoms with E-state index >= 15 is 0 Å². The van der Waals surface area contributed by atoms with E-state index < -0.39 is 6.04 Å². The maximum absolute atomic E-state index is 13.5. The number of hydrogen-bond acceptors (Lipinski definition) is 5. The van der Waals surface area contributed by atoms with Crippen molar-refractivity contribution < 1.29 is 18.7 Å². The number of hydrogen-bond donors (Lipinski definition) is 0. The van der Waals surface area contributed by atoms with Gasteiger partial charge >= 0.3 is 0 Å². The number of ether oxygens (including phenoxy) is 2. The lowest BCUT2D eigenvalue weighted by atomic mass is 9.98. The van der Waals surface area contributed by atoms with Gasteiger partial charge in [0.2, 0.25) is 5.76 Å². The number of aryl methyl sites for hydroxylation is 1. The van der Waals surface area contributed by atoms with Crippen molar-refractivity contribution in [3.05, 3.63) is 75.1 Å². The second-order valence-corrected chi connectivity index (χ2v) is 8.19. The van der Waals surface area contributed by atoms with Crippen LogP contribution in [-0.2, 0) is 4.74 Å². The third-order valence-electron chi connectivity index (χ3n) is 5.83. The Morgan fingerprint density at radius 2 is 1.81 bits per heavy atom. The highest BCUT2D eigenvalue weighted by atomic mass is 16.5. The summed E-state index contributed by atoms with van der Waals surface area (Å²) in [6, 6.07) is 12.6. The van der Waals surface area contributed by atoms with Gasteiger partial charge in [0, 0.05) is 20.3 Å². The number of methoxy groups -OCH3 is 1. The molecule has 0 bridgehead atoms. The van der Waals surface area contributed by atoms with Crippen molar-refractivity contribution in [1.29, 1.82) is 0 Å². The number of carbonyl (C=O) groups is 1. The van der Waals surface area contributed by atoms with Crippen LogP contribution < -0.4 is 10.2 Å². The molecule has 1 amide bonds. The molecule has 6 nitrogen and oxygen atoms in total. The van der Waals surface area contributed by atoms with Gasteiger partial charge in [-0.25, -0.2) is 0 Å². The summed E-state index contributed by atoms with van der Waals surface area (Å²) >= 11 is 0. The van der Waals surface area contributed by atoms with Gasteiger partial charge in [0.25, 0.3) is 5.91 Å². The van der Waals surface area contributed by atoms with E-state index in [1.165, 1.54) is 0 Å². The molecule has 168 valence electrons. The number of fused-ring (bicyclic) bond motifs is 2. The first-order valence-electron chi connectivity index (χ1n) is 11.1. The number of carbonyl (C=O) groups excluding carboxylic acids is 1. The van der Waals surface area contributed by atoms with Gasteiger partial charge in [-0.2, -0.15) is 0 Å². The predicted octanol–water partition coefficient (Wildman–Crippen LogP) is 4.86.